The van der Waals surface area contributed by atoms with Crippen molar-refractivity contribution >= 4 is 11.6 Å². The van der Waals surface area contributed by atoms with Crippen molar-refractivity contribution in [2.24, 2.45) is 7.05 Å². The molecule has 0 bridgehead atoms. The van der Waals surface area contributed by atoms with E-state index in [4.69, 9.17) is 16.3 Å². The van der Waals surface area contributed by atoms with Gasteiger partial charge in [-0.3, -0.25) is 0 Å². The van der Waals surface area contributed by atoms with E-state index in [9.17, 15) is 0 Å². The molecule has 2 rings (SSSR count). The lowest BCUT2D eigenvalue weighted by Crippen LogP contribution is -2.43. The summed E-state index contributed by atoms with van der Waals surface area (Å²) in [5.41, 5.74) is -0.0187. The topological polar surface area (TPSA) is 39.1 Å². The molecule has 0 aromatic carbocycles. The smallest absolute Gasteiger partial charge is 0.128 e. The van der Waals surface area contributed by atoms with E-state index in [1.54, 1.807) is 6.20 Å². The number of aromatic nitrogens is 2. The molecule has 1 aromatic heterocycles. The van der Waals surface area contributed by atoms with Gasteiger partial charge in [0.05, 0.1) is 18.3 Å². The second kappa shape index (κ2) is 4.96. The minimum atomic E-state index is -0.0187. The summed E-state index contributed by atoms with van der Waals surface area (Å²) in [5, 5.41) is 4.20. The molecule has 96 valence electrons. The van der Waals surface area contributed by atoms with Crippen LogP contribution in [0.4, 0.5) is 0 Å². The molecule has 0 radical (unpaired) electrons. The van der Waals surface area contributed by atoms with Gasteiger partial charge in [0.2, 0.25) is 0 Å². The van der Waals surface area contributed by atoms with E-state index in [-0.39, 0.29) is 5.60 Å². The van der Waals surface area contributed by atoms with Crippen molar-refractivity contribution in [3.63, 3.8) is 0 Å². The molecular formula is C12H20ClN3O. The van der Waals surface area contributed by atoms with Crippen LogP contribution in [0.15, 0.2) is 6.20 Å². The third-order valence-electron chi connectivity index (χ3n) is 3.27. The van der Waals surface area contributed by atoms with E-state index in [1.807, 2.05) is 11.6 Å². The minimum absolute atomic E-state index is 0.0187. The molecule has 5 heteroatoms. The maximum absolute atomic E-state index is 5.95. The molecule has 0 aliphatic carbocycles. The van der Waals surface area contributed by atoms with Crippen molar-refractivity contribution < 1.29 is 4.74 Å². The molecule has 1 fully saturated rings. The van der Waals surface area contributed by atoms with Gasteiger partial charge in [0.1, 0.15) is 11.0 Å². The second-order valence-corrected chi connectivity index (χ2v) is 5.62. The van der Waals surface area contributed by atoms with E-state index in [0.29, 0.717) is 11.2 Å². The maximum atomic E-state index is 5.95. The molecule has 1 aliphatic heterocycles. The Morgan fingerprint density at radius 1 is 1.65 bits per heavy atom. The van der Waals surface area contributed by atoms with Crippen LogP contribution in [0.1, 0.15) is 32.5 Å². The standard InChI is InChI=1S/C12H20ClN3O/c1-12(2)6-9(4-5-17-12)14-8-11-15-7-10(13)16(11)3/h7,9,14H,4-6,8H2,1-3H3. The SMILES string of the molecule is Cn1c(Cl)cnc1CNC1CCOC(C)(C)C1. The summed E-state index contributed by atoms with van der Waals surface area (Å²) in [6.45, 7) is 5.85. The van der Waals surface area contributed by atoms with Gasteiger partial charge < -0.3 is 14.6 Å². The zero-order chi connectivity index (χ0) is 12.5. The highest BCUT2D eigenvalue weighted by molar-refractivity contribution is 6.29. The molecule has 0 amide bonds. The Labute approximate surface area is 107 Å². The summed E-state index contributed by atoms with van der Waals surface area (Å²) in [6, 6.07) is 0.495. The third kappa shape index (κ3) is 3.21. The molecule has 0 saturated carbocycles. The highest BCUT2D eigenvalue weighted by Crippen LogP contribution is 2.24. The zero-order valence-electron chi connectivity index (χ0n) is 10.7. The van der Waals surface area contributed by atoms with Gasteiger partial charge in [-0.25, -0.2) is 4.98 Å². The average molecular weight is 258 g/mol. The van der Waals surface area contributed by atoms with Gasteiger partial charge in [-0.2, -0.15) is 0 Å². The number of ether oxygens (including phenoxy) is 1. The maximum Gasteiger partial charge on any atom is 0.128 e. The molecule has 4 nitrogen and oxygen atoms in total. The Morgan fingerprint density at radius 2 is 2.41 bits per heavy atom. The van der Waals surface area contributed by atoms with Gasteiger partial charge in [-0.05, 0) is 26.7 Å². The molecule has 17 heavy (non-hydrogen) atoms. The number of imidazole rings is 1. The molecule has 1 saturated heterocycles. The summed E-state index contributed by atoms with van der Waals surface area (Å²) in [7, 11) is 1.93. The molecular weight excluding hydrogens is 238 g/mol. The first kappa shape index (κ1) is 12.9. The third-order valence-corrected chi connectivity index (χ3v) is 3.62. The van der Waals surface area contributed by atoms with Crippen LogP contribution in [0.3, 0.4) is 0 Å². The van der Waals surface area contributed by atoms with Crippen LogP contribution in [0.25, 0.3) is 0 Å². The zero-order valence-corrected chi connectivity index (χ0v) is 11.4. The minimum Gasteiger partial charge on any atom is -0.375 e. The normalized spacial score (nSPS) is 23.9. The van der Waals surface area contributed by atoms with Crippen LogP contribution in [-0.2, 0) is 18.3 Å². The summed E-state index contributed by atoms with van der Waals surface area (Å²) in [4.78, 5) is 4.27. The van der Waals surface area contributed by atoms with Crippen molar-refractivity contribution in [1.82, 2.24) is 14.9 Å². The Hall–Kier alpha value is -0.580. The molecule has 1 aromatic rings. The number of halogens is 1. The molecule has 1 N–H and O–H groups in total. The van der Waals surface area contributed by atoms with Crippen LogP contribution in [-0.4, -0.2) is 27.8 Å². The van der Waals surface area contributed by atoms with Gasteiger partial charge in [0.25, 0.3) is 0 Å². The Kier molecular flexibility index (Phi) is 3.76. The summed E-state index contributed by atoms with van der Waals surface area (Å²) >= 11 is 5.95. The van der Waals surface area contributed by atoms with Crippen molar-refractivity contribution in [3.05, 3.63) is 17.2 Å². The van der Waals surface area contributed by atoms with E-state index in [1.165, 1.54) is 0 Å². The van der Waals surface area contributed by atoms with Crippen molar-refractivity contribution in [2.75, 3.05) is 6.61 Å². The fourth-order valence-corrected chi connectivity index (χ4v) is 2.38. The predicted molar refractivity (Wildman–Crippen MR) is 68.1 cm³/mol. The molecule has 1 unspecified atom stereocenters. The molecule has 1 atom stereocenters. The summed E-state index contributed by atoms with van der Waals surface area (Å²) < 4.78 is 7.60. The number of nitrogens with zero attached hydrogens (tertiary/aromatic N) is 2. The van der Waals surface area contributed by atoms with E-state index in [0.717, 1.165) is 31.8 Å². The highest BCUT2D eigenvalue weighted by atomic mass is 35.5. The van der Waals surface area contributed by atoms with Gasteiger partial charge in [0, 0.05) is 19.7 Å². The molecule has 2 heterocycles. The summed E-state index contributed by atoms with van der Waals surface area (Å²) in [5.74, 6) is 0.972. The largest absolute Gasteiger partial charge is 0.375 e. The first-order valence-corrected chi connectivity index (χ1v) is 6.39. The molecule has 1 aliphatic rings. The number of nitrogens with one attached hydrogen (secondary N) is 1. The van der Waals surface area contributed by atoms with E-state index >= 15 is 0 Å². The fraction of sp³-hybridized carbons (Fsp3) is 0.750. The first-order chi connectivity index (χ1) is 7.98. The van der Waals surface area contributed by atoms with Crippen molar-refractivity contribution in [3.8, 4) is 0 Å². The molecule has 0 spiro atoms. The number of hydrogen-bond acceptors (Lipinski definition) is 3. The number of hydrogen-bond donors (Lipinski definition) is 1. The lowest BCUT2D eigenvalue weighted by molar-refractivity contribution is -0.0631. The lowest BCUT2D eigenvalue weighted by Gasteiger charge is -2.35. The fourth-order valence-electron chi connectivity index (χ4n) is 2.23. The van der Waals surface area contributed by atoms with Crippen molar-refractivity contribution in [2.45, 2.75) is 44.9 Å². The van der Waals surface area contributed by atoms with Gasteiger partial charge in [-0.1, -0.05) is 11.6 Å². The van der Waals surface area contributed by atoms with Crippen LogP contribution in [0, 0.1) is 0 Å². The van der Waals surface area contributed by atoms with Gasteiger partial charge in [-0.15, -0.1) is 0 Å². The summed E-state index contributed by atoms with van der Waals surface area (Å²) in [6.07, 6.45) is 3.78. The Balaban J connectivity index is 1.88. The first-order valence-electron chi connectivity index (χ1n) is 6.01. The van der Waals surface area contributed by atoms with Gasteiger partial charge >= 0.3 is 0 Å². The van der Waals surface area contributed by atoms with Crippen LogP contribution < -0.4 is 5.32 Å². The Bertz CT molecular complexity index is 389. The van der Waals surface area contributed by atoms with Crippen LogP contribution in [0.5, 0.6) is 0 Å². The van der Waals surface area contributed by atoms with Crippen molar-refractivity contribution in [1.29, 1.82) is 0 Å². The lowest BCUT2D eigenvalue weighted by atomic mass is 9.94. The average Bonchev–Trinajstić information content (AvgIpc) is 2.56. The van der Waals surface area contributed by atoms with E-state index < -0.39 is 0 Å². The number of rotatable bonds is 3. The highest BCUT2D eigenvalue weighted by Gasteiger charge is 2.28. The van der Waals surface area contributed by atoms with E-state index in [2.05, 4.69) is 24.1 Å². The predicted octanol–water partition coefficient (Wildman–Crippen LogP) is 2.12. The Morgan fingerprint density at radius 3 is 3.00 bits per heavy atom. The monoisotopic (exact) mass is 257 g/mol. The second-order valence-electron chi connectivity index (χ2n) is 5.23. The van der Waals surface area contributed by atoms with Crippen LogP contribution in [0.2, 0.25) is 5.15 Å². The quantitative estimate of drug-likeness (QED) is 0.902. The van der Waals surface area contributed by atoms with Crippen LogP contribution >= 0.6 is 11.6 Å². The van der Waals surface area contributed by atoms with Gasteiger partial charge in [0.15, 0.2) is 0 Å².